The van der Waals surface area contributed by atoms with Crippen molar-refractivity contribution in [2.75, 3.05) is 6.54 Å². The van der Waals surface area contributed by atoms with Crippen LogP contribution in [0.3, 0.4) is 0 Å². The van der Waals surface area contributed by atoms with E-state index < -0.39 is 29.9 Å². The molecule has 178 valence electrons. The number of amides is 2. The van der Waals surface area contributed by atoms with Gasteiger partial charge >= 0.3 is 6.09 Å². The number of rotatable bonds is 9. The van der Waals surface area contributed by atoms with Gasteiger partial charge in [0.1, 0.15) is 17.2 Å². The van der Waals surface area contributed by atoms with Crippen LogP contribution in [0.25, 0.3) is 11.1 Å². The quantitative estimate of drug-likeness (QED) is 0.439. The van der Waals surface area contributed by atoms with Gasteiger partial charge in [0, 0.05) is 17.8 Å². The summed E-state index contributed by atoms with van der Waals surface area (Å²) in [6.45, 7) is 7.55. The molecule has 0 saturated heterocycles. The molecule has 2 atom stereocenters. The summed E-state index contributed by atoms with van der Waals surface area (Å²) in [5, 5.41) is 15.7. The van der Waals surface area contributed by atoms with Crippen LogP contribution in [0, 0.1) is 0 Å². The molecule has 3 aromatic rings. The van der Waals surface area contributed by atoms with Crippen LogP contribution in [-0.4, -0.2) is 45.2 Å². The molecule has 2 N–H and O–H groups in total. The Bertz CT molecular complexity index is 1020. The van der Waals surface area contributed by atoms with Gasteiger partial charge in [-0.3, -0.25) is 4.79 Å². The Labute approximate surface area is 197 Å². The van der Waals surface area contributed by atoms with E-state index >= 15 is 0 Å². The number of aromatic nitrogens is 1. The number of aliphatic hydroxyl groups excluding tert-OH is 1. The van der Waals surface area contributed by atoms with Crippen molar-refractivity contribution in [3.63, 3.8) is 0 Å². The predicted molar refractivity (Wildman–Crippen MR) is 127 cm³/mol. The minimum absolute atomic E-state index is 0.0350. The van der Waals surface area contributed by atoms with Gasteiger partial charge in [-0.05, 0) is 50.8 Å². The van der Waals surface area contributed by atoms with Crippen molar-refractivity contribution in [1.29, 1.82) is 0 Å². The van der Waals surface area contributed by atoms with Crippen molar-refractivity contribution in [3.05, 3.63) is 52.5 Å². The molecular formula is C24H31N3O5S. The maximum atomic E-state index is 13.6. The molecule has 33 heavy (non-hydrogen) atoms. The summed E-state index contributed by atoms with van der Waals surface area (Å²) in [6, 6.07) is 10.0. The Morgan fingerprint density at radius 2 is 2.00 bits per heavy atom. The molecule has 9 heteroatoms. The lowest BCUT2D eigenvalue weighted by molar-refractivity contribution is -0.146. The zero-order valence-electron chi connectivity index (χ0n) is 19.4. The van der Waals surface area contributed by atoms with E-state index in [4.69, 9.17) is 9.15 Å². The summed E-state index contributed by atoms with van der Waals surface area (Å²) < 4.78 is 11.1. The number of alkyl carbamates (subject to hydrolysis) is 1. The van der Waals surface area contributed by atoms with Crippen molar-refractivity contribution < 1.29 is 23.8 Å². The highest BCUT2D eigenvalue weighted by Gasteiger charge is 2.34. The smallest absolute Gasteiger partial charge is 0.408 e. The van der Waals surface area contributed by atoms with Crippen molar-refractivity contribution in [3.8, 4) is 0 Å². The van der Waals surface area contributed by atoms with E-state index in [2.05, 4.69) is 10.3 Å². The SMILES string of the molecule is CCCCN(C(=O)[C@H](Cc1cccs1)NC(=O)OC(C)(C)C)[C@H](O)c1nc2ccccc2o1. The first-order valence-electron chi connectivity index (χ1n) is 11.0. The van der Waals surface area contributed by atoms with Crippen molar-refractivity contribution in [2.24, 2.45) is 0 Å². The van der Waals surface area contributed by atoms with E-state index in [9.17, 15) is 14.7 Å². The average Bonchev–Trinajstić information content (AvgIpc) is 3.41. The molecule has 0 aliphatic carbocycles. The van der Waals surface area contributed by atoms with Crippen molar-refractivity contribution in [2.45, 2.75) is 64.8 Å². The van der Waals surface area contributed by atoms with Crippen LogP contribution in [0.2, 0.25) is 0 Å². The first-order chi connectivity index (χ1) is 15.7. The van der Waals surface area contributed by atoms with Crippen LogP contribution in [0.4, 0.5) is 4.79 Å². The lowest BCUT2D eigenvalue weighted by Crippen LogP contribution is -2.51. The molecule has 0 fully saturated rings. The normalized spacial score (nSPS) is 13.5. The second kappa shape index (κ2) is 10.8. The van der Waals surface area contributed by atoms with Crippen molar-refractivity contribution >= 4 is 34.4 Å². The van der Waals surface area contributed by atoms with Gasteiger partial charge in [-0.1, -0.05) is 31.5 Å². The van der Waals surface area contributed by atoms with Crippen LogP contribution < -0.4 is 5.32 Å². The van der Waals surface area contributed by atoms with Crippen LogP contribution in [0.1, 0.15) is 57.5 Å². The molecule has 0 aliphatic rings. The second-order valence-electron chi connectivity index (χ2n) is 8.76. The number of ether oxygens (including phenoxy) is 1. The topological polar surface area (TPSA) is 105 Å². The zero-order valence-corrected chi connectivity index (χ0v) is 20.2. The summed E-state index contributed by atoms with van der Waals surface area (Å²) in [6.07, 6.45) is -0.314. The first kappa shape index (κ1) is 24.7. The highest BCUT2D eigenvalue weighted by Crippen LogP contribution is 2.24. The first-order valence-corrected chi connectivity index (χ1v) is 11.9. The molecule has 8 nitrogen and oxygen atoms in total. The Kier molecular flexibility index (Phi) is 8.10. The molecule has 0 aliphatic heterocycles. The summed E-state index contributed by atoms with van der Waals surface area (Å²) in [5.41, 5.74) is 0.410. The molecule has 1 aromatic carbocycles. The molecule has 0 saturated carbocycles. The highest BCUT2D eigenvalue weighted by atomic mass is 32.1. The van der Waals surface area contributed by atoms with Crippen LogP contribution in [0.15, 0.2) is 46.2 Å². The number of thiophene rings is 1. The third-order valence-electron chi connectivity index (χ3n) is 4.84. The van der Waals surface area contributed by atoms with Gasteiger partial charge in [-0.2, -0.15) is 0 Å². The summed E-state index contributed by atoms with van der Waals surface area (Å²) in [7, 11) is 0. The average molecular weight is 474 g/mol. The Morgan fingerprint density at radius 1 is 1.24 bits per heavy atom. The summed E-state index contributed by atoms with van der Waals surface area (Å²) in [5.74, 6) is -0.398. The standard InChI is InChI=1S/C24H31N3O5S/c1-5-6-13-27(22(29)20-25-17-11-7-8-12-19(17)31-20)21(28)18(15-16-10-9-14-33-16)26-23(30)32-24(2,3)4/h7-12,14,18,22,29H,5-6,13,15H2,1-4H3,(H,26,30)/t18-,22+/m0/s1. The van der Waals surface area contributed by atoms with Gasteiger partial charge in [0.25, 0.3) is 0 Å². The number of hydrogen-bond acceptors (Lipinski definition) is 7. The van der Waals surface area contributed by atoms with Gasteiger partial charge in [-0.15, -0.1) is 11.3 Å². The van der Waals surface area contributed by atoms with Gasteiger partial charge in [0.15, 0.2) is 5.58 Å². The maximum absolute atomic E-state index is 13.6. The maximum Gasteiger partial charge on any atom is 0.408 e. The third kappa shape index (κ3) is 6.79. The number of hydrogen-bond donors (Lipinski definition) is 2. The molecule has 0 radical (unpaired) electrons. The number of nitrogens with one attached hydrogen (secondary N) is 1. The fourth-order valence-electron chi connectivity index (χ4n) is 3.30. The molecule has 0 unspecified atom stereocenters. The molecule has 2 amide bonds. The number of carbonyl (C=O) groups is 2. The predicted octanol–water partition coefficient (Wildman–Crippen LogP) is 4.64. The van der Waals surface area contributed by atoms with Crippen LogP contribution in [-0.2, 0) is 16.0 Å². The van der Waals surface area contributed by atoms with Crippen molar-refractivity contribution in [1.82, 2.24) is 15.2 Å². The van der Waals surface area contributed by atoms with Gasteiger partial charge in [0.05, 0.1) is 0 Å². The number of benzene rings is 1. The summed E-state index contributed by atoms with van der Waals surface area (Å²) in [4.78, 5) is 32.7. The minimum Gasteiger partial charge on any atom is -0.444 e. The molecular weight excluding hydrogens is 442 g/mol. The van der Waals surface area contributed by atoms with Crippen LogP contribution >= 0.6 is 11.3 Å². The number of fused-ring (bicyclic) bond motifs is 1. The van der Waals surface area contributed by atoms with Gasteiger partial charge in [0.2, 0.25) is 18.0 Å². The van der Waals surface area contributed by atoms with E-state index in [0.717, 1.165) is 11.3 Å². The Balaban J connectivity index is 1.87. The largest absolute Gasteiger partial charge is 0.444 e. The monoisotopic (exact) mass is 473 g/mol. The number of para-hydroxylation sites is 2. The number of carbonyl (C=O) groups excluding carboxylic acids is 2. The molecule has 0 bridgehead atoms. The Hall–Kier alpha value is -2.91. The third-order valence-corrected chi connectivity index (χ3v) is 5.74. The van der Waals surface area contributed by atoms with Gasteiger partial charge < -0.3 is 24.5 Å². The van der Waals surface area contributed by atoms with E-state index in [0.29, 0.717) is 17.5 Å². The summed E-state index contributed by atoms with van der Waals surface area (Å²) >= 11 is 1.49. The zero-order chi connectivity index (χ0) is 24.0. The Morgan fingerprint density at radius 3 is 2.64 bits per heavy atom. The number of unbranched alkanes of at least 4 members (excludes halogenated alkanes) is 1. The lowest BCUT2D eigenvalue weighted by atomic mass is 10.1. The van der Waals surface area contributed by atoms with E-state index in [1.54, 1.807) is 32.9 Å². The van der Waals surface area contributed by atoms with Gasteiger partial charge in [-0.25, -0.2) is 9.78 Å². The van der Waals surface area contributed by atoms with E-state index in [1.165, 1.54) is 16.2 Å². The number of aliphatic hydroxyl groups is 1. The molecule has 0 spiro atoms. The number of nitrogens with zero attached hydrogens (tertiary/aromatic N) is 2. The van der Waals surface area contributed by atoms with Crippen LogP contribution in [0.5, 0.6) is 0 Å². The molecule has 2 aromatic heterocycles. The fourth-order valence-corrected chi connectivity index (χ4v) is 4.05. The second-order valence-corrected chi connectivity index (χ2v) is 9.79. The fraction of sp³-hybridized carbons (Fsp3) is 0.458. The highest BCUT2D eigenvalue weighted by molar-refractivity contribution is 7.09. The molecule has 2 heterocycles. The lowest BCUT2D eigenvalue weighted by Gasteiger charge is -2.30. The number of oxazole rings is 1. The van der Waals surface area contributed by atoms with E-state index in [1.807, 2.05) is 36.6 Å². The minimum atomic E-state index is -1.39. The van der Waals surface area contributed by atoms with E-state index in [-0.39, 0.29) is 18.9 Å². The molecule has 3 rings (SSSR count).